The van der Waals surface area contributed by atoms with E-state index >= 15 is 0 Å². The number of anilines is 1. The molecule has 17 heavy (non-hydrogen) atoms. The minimum atomic E-state index is -0.317. The Balaban J connectivity index is 2.81. The Labute approximate surface area is 102 Å². The molecule has 0 spiro atoms. The lowest BCUT2D eigenvalue weighted by Crippen LogP contribution is -2.32. The average molecular weight is 236 g/mol. The van der Waals surface area contributed by atoms with Gasteiger partial charge in [0.15, 0.2) is 0 Å². The molecule has 0 saturated carbocycles. The molecule has 0 aliphatic rings. The average Bonchev–Trinajstić information content (AvgIpc) is 2.30. The number of carbonyl (C=O) groups is 1. The van der Waals surface area contributed by atoms with E-state index in [4.69, 9.17) is 10.5 Å². The van der Waals surface area contributed by atoms with Crippen LogP contribution in [0.25, 0.3) is 0 Å². The van der Waals surface area contributed by atoms with Gasteiger partial charge in [-0.15, -0.1) is 0 Å². The van der Waals surface area contributed by atoms with Gasteiger partial charge in [-0.05, 0) is 38.5 Å². The van der Waals surface area contributed by atoms with E-state index < -0.39 is 0 Å². The highest BCUT2D eigenvalue weighted by Crippen LogP contribution is 2.16. The summed E-state index contributed by atoms with van der Waals surface area (Å²) in [5, 5.41) is 0. The Bertz CT molecular complexity index is 360. The summed E-state index contributed by atoms with van der Waals surface area (Å²) in [6.07, 6.45) is -0.428. The summed E-state index contributed by atoms with van der Waals surface area (Å²) in [5.74, 6) is 0. The summed E-state index contributed by atoms with van der Waals surface area (Å²) in [5.41, 5.74) is 7.40. The second-order valence-electron chi connectivity index (χ2n) is 4.05. The molecule has 0 atom stereocenters. The third-order valence-electron chi connectivity index (χ3n) is 2.36. The van der Waals surface area contributed by atoms with Gasteiger partial charge in [0, 0.05) is 18.8 Å². The SMILES string of the molecule is CCN(C(=O)OC(C)C)c1ccc(CN)cc1. The first kappa shape index (κ1) is 13.5. The molecule has 2 N–H and O–H groups in total. The fourth-order valence-electron chi connectivity index (χ4n) is 1.49. The Hall–Kier alpha value is -1.55. The maximum Gasteiger partial charge on any atom is 0.414 e. The van der Waals surface area contributed by atoms with Gasteiger partial charge < -0.3 is 10.5 Å². The van der Waals surface area contributed by atoms with Crippen LogP contribution in [0.4, 0.5) is 10.5 Å². The van der Waals surface area contributed by atoms with E-state index in [0.29, 0.717) is 13.1 Å². The second kappa shape index (κ2) is 6.25. The fourth-order valence-corrected chi connectivity index (χ4v) is 1.49. The Morgan fingerprint density at radius 1 is 1.35 bits per heavy atom. The largest absolute Gasteiger partial charge is 0.446 e. The van der Waals surface area contributed by atoms with Crippen LogP contribution < -0.4 is 10.6 Å². The maximum atomic E-state index is 11.8. The summed E-state index contributed by atoms with van der Waals surface area (Å²) < 4.78 is 5.18. The molecule has 0 unspecified atom stereocenters. The number of nitrogens with two attached hydrogens (primary N) is 1. The number of amides is 1. The molecule has 0 aliphatic heterocycles. The van der Waals surface area contributed by atoms with Crippen LogP contribution in [-0.4, -0.2) is 18.7 Å². The van der Waals surface area contributed by atoms with E-state index in [0.717, 1.165) is 11.3 Å². The van der Waals surface area contributed by atoms with Crippen LogP contribution in [0.2, 0.25) is 0 Å². The smallest absolute Gasteiger partial charge is 0.414 e. The van der Waals surface area contributed by atoms with Crippen LogP contribution in [0.5, 0.6) is 0 Å². The Morgan fingerprint density at radius 2 is 1.94 bits per heavy atom. The van der Waals surface area contributed by atoms with Gasteiger partial charge in [0.05, 0.1) is 6.10 Å². The lowest BCUT2D eigenvalue weighted by Gasteiger charge is -2.22. The molecule has 0 bridgehead atoms. The third kappa shape index (κ3) is 3.75. The highest BCUT2D eigenvalue weighted by Gasteiger charge is 2.16. The maximum absolute atomic E-state index is 11.8. The normalized spacial score (nSPS) is 10.4. The summed E-state index contributed by atoms with van der Waals surface area (Å²) in [6, 6.07) is 7.60. The predicted octanol–water partition coefficient (Wildman–Crippen LogP) is 2.52. The summed E-state index contributed by atoms with van der Waals surface area (Å²) >= 11 is 0. The highest BCUT2D eigenvalue weighted by molar-refractivity contribution is 5.87. The van der Waals surface area contributed by atoms with Crippen molar-refractivity contribution >= 4 is 11.8 Å². The minimum absolute atomic E-state index is 0.111. The van der Waals surface area contributed by atoms with Crippen LogP contribution in [-0.2, 0) is 11.3 Å². The molecule has 1 aromatic rings. The van der Waals surface area contributed by atoms with Crippen molar-refractivity contribution in [1.82, 2.24) is 0 Å². The van der Waals surface area contributed by atoms with Crippen molar-refractivity contribution in [2.75, 3.05) is 11.4 Å². The monoisotopic (exact) mass is 236 g/mol. The van der Waals surface area contributed by atoms with Crippen LogP contribution in [0.15, 0.2) is 24.3 Å². The van der Waals surface area contributed by atoms with Crippen molar-refractivity contribution < 1.29 is 9.53 Å². The Kier molecular flexibility index (Phi) is 4.97. The van der Waals surface area contributed by atoms with Gasteiger partial charge in [-0.1, -0.05) is 12.1 Å². The van der Waals surface area contributed by atoms with Crippen molar-refractivity contribution in [3.05, 3.63) is 29.8 Å². The predicted molar refractivity (Wildman–Crippen MR) is 69.0 cm³/mol. The van der Waals surface area contributed by atoms with E-state index in [9.17, 15) is 4.79 Å². The van der Waals surface area contributed by atoms with Gasteiger partial charge in [-0.2, -0.15) is 0 Å². The van der Waals surface area contributed by atoms with Crippen molar-refractivity contribution in [2.45, 2.75) is 33.4 Å². The summed E-state index contributed by atoms with van der Waals surface area (Å²) in [6.45, 7) is 6.67. The topological polar surface area (TPSA) is 55.6 Å². The molecule has 94 valence electrons. The second-order valence-corrected chi connectivity index (χ2v) is 4.05. The lowest BCUT2D eigenvalue weighted by molar-refractivity contribution is 0.123. The van der Waals surface area contributed by atoms with E-state index in [1.807, 2.05) is 45.0 Å². The van der Waals surface area contributed by atoms with Gasteiger partial charge >= 0.3 is 6.09 Å². The third-order valence-corrected chi connectivity index (χ3v) is 2.36. The number of benzene rings is 1. The molecule has 0 heterocycles. The van der Waals surface area contributed by atoms with Crippen LogP contribution in [0.1, 0.15) is 26.3 Å². The number of nitrogens with zero attached hydrogens (tertiary/aromatic N) is 1. The molecule has 0 fully saturated rings. The molecule has 0 saturated heterocycles. The van der Waals surface area contributed by atoms with Crippen molar-refractivity contribution in [2.24, 2.45) is 5.73 Å². The molecule has 0 radical (unpaired) electrons. The zero-order chi connectivity index (χ0) is 12.8. The molecule has 1 amide bonds. The van der Waals surface area contributed by atoms with Crippen LogP contribution in [0, 0.1) is 0 Å². The zero-order valence-electron chi connectivity index (χ0n) is 10.6. The standard InChI is InChI=1S/C13H20N2O2/c1-4-15(13(16)17-10(2)3)12-7-5-11(9-14)6-8-12/h5-8,10H,4,9,14H2,1-3H3. The Morgan fingerprint density at radius 3 is 2.35 bits per heavy atom. The molecule has 1 aromatic carbocycles. The molecule has 0 aliphatic carbocycles. The molecular weight excluding hydrogens is 216 g/mol. The van der Waals surface area contributed by atoms with Crippen molar-refractivity contribution in [3.8, 4) is 0 Å². The van der Waals surface area contributed by atoms with E-state index in [1.54, 1.807) is 4.90 Å². The molecule has 1 rings (SSSR count). The van der Waals surface area contributed by atoms with Gasteiger partial charge in [-0.3, -0.25) is 4.90 Å². The van der Waals surface area contributed by atoms with Crippen LogP contribution in [0.3, 0.4) is 0 Å². The number of hydrogen-bond donors (Lipinski definition) is 1. The fraction of sp³-hybridized carbons (Fsp3) is 0.462. The van der Waals surface area contributed by atoms with E-state index in [1.165, 1.54) is 0 Å². The molecule has 0 aromatic heterocycles. The summed E-state index contributed by atoms with van der Waals surface area (Å²) in [4.78, 5) is 13.4. The molecular formula is C13H20N2O2. The number of rotatable bonds is 4. The molecule has 4 heteroatoms. The minimum Gasteiger partial charge on any atom is -0.446 e. The number of carbonyl (C=O) groups excluding carboxylic acids is 1. The number of ether oxygens (including phenoxy) is 1. The first-order valence-electron chi connectivity index (χ1n) is 5.85. The van der Waals surface area contributed by atoms with Crippen molar-refractivity contribution in [3.63, 3.8) is 0 Å². The first-order chi connectivity index (χ1) is 8.08. The van der Waals surface area contributed by atoms with Gasteiger partial charge in [0.1, 0.15) is 0 Å². The van der Waals surface area contributed by atoms with Crippen molar-refractivity contribution in [1.29, 1.82) is 0 Å². The lowest BCUT2D eigenvalue weighted by atomic mass is 10.2. The van der Waals surface area contributed by atoms with Gasteiger partial charge in [0.25, 0.3) is 0 Å². The van der Waals surface area contributed by atoms with Gasteiger partial charge in [-0.25, -0.2) is 4.79 Å². The number of hydrogen-bond acceptors (Lipinski definition) is 3. The highest BCUT2D eigenvalue weighted by atomic mass is 16.6. The molecule has 4 nitrogen and oxygen atoms in total. The van der Waals surface area contributed by atoms with Gasteiger partial charge in [0.2, 0.25) is 0 Å². The summed E-state index contributed by atoms with van der Waals surface area (Å²) in [7, 11) is 0. The quantitative estimate of drug-likeness (QED) is 0.874. The zero-order valence-corrected chi connectivity index (χ0v) is 10.6. The first-order valence-corrected chi connectivity index (χ1v) is 5.85. The van der Waals surface area contributed by atoms with Crippen LogP contribution >= 0.6 is 0 Å². The van der Waals surface area contributed by atoms with E-state index in [2.05, 4.69) is 0 Å². The van der Waals surface area contributed by atoms with E-state index in [-0.39, 0.29) is 12.2 Å².